The number of fused-ring (bicyclic) bond motifs is 5. The fourth-order valence-electron chi connectivity index (χ4n) is 8.35. The summed E-state index contributed by atoms with van der Waals surface area (Å²) >= 11 is 0. The van der Waals surface area contributed by atoms with Crippen LogP contribution in [0, 0.1) is 11.8 Å². The molecule has 6 rings (SSSR count). The zero-order valence-corrected chi connectivity index (χ0v) is 24.1. The quantitative estimate of drug-likeness (QED) is 0.402. The zero-order chi connectivity index (χ0) is 28.7. The smallest absolute Gasteiger partial charge is 0.344 e. The number of carboxylic acid groups (broad SMARTS) is 1. The highest BCUT2D eigenvalue weighted by molar-refractivity contribution is 6.44. The van der Waals surface area contributed by atoms with Gasteiger partial charge in [0.05, 0.1) is 11.0 Å². The van der Waals surface area contributed by atoms with E-state index < -0.39 is 18.5 Å². The largest absolute Gasteiger partial charge is 0.479 e. The van der Waals surface area contributed by atoms with E-state index in [4.69, 9.17) is 9.94 Å². The van der Waals surface area contributed by atoms with E-state index in [0.29, 0.717) is 23.6 Å². The van der Waals surface area contributed by atoms with Crippen molar-refractivity contribution in [2.75, 3.05) is 20.7 Å². The number of benzene rings is 1. The number of amides is 1. The highest BCUT2D eigenvalue weighted by atomic mass is 16.6. The summed E-state index contributed by atoms with van der Waals surface area (Å²) in [5.41, 5.74) is 0.549. The minimum atomic E-state index is -1.23. The number of hydrogen-bond acceptors (Lipinski definition) is 7. The molecule has 6 atom stereocenters. The molecule has 2 aliphatic carbocycles. The molecule has 41 heavy (non-hydrogen) atoms. The summed E-state index contributed by atoms with van der Waals surface area (Å²) in [6.07, 6.45) is 13.5. The van der Waals surface area contributed by atoms with E-state index in [1.54, 1.807) is 14.1 Å². The Balaban J connectivity index is 1.37. The molecule has 2 saturated carbocycles. The average Bonchev–Trinajstić information content (AvgIpc) is 2.94. The lowest BCUT2D eigenvalue weighted by atomic mass is 9.68. The van der Waals surface area contributed by atoms with Crippen molar-refractivity contribution in [2.24, 2.45) is 17.0 Å². The number of likely N-dealkylation sites (N-methyl/N-ethyl adjacent to an activating group) is 1. The number of rotatable bonds is 7. The number of carbonyl (C=O) groups is 2. The van der Waals surface area contributed by atoms with Crippen LogP contribution in [0.25, 0.3) is 11.0 Å². The fraction of sp³-hybridized carbons (Fsp3) is 0.645. The maximum Gasteiger partial charge on any atom is 0.344 e. The van der Waals surface area contributed by atoms with Gasteiger partial charge in [-0.15, -0.1) is 0 Å². The first-order valence-electron chi connectivity index (χ1n) is 15.2. The summed E-state index contributed by atoms with van der Waals surface area (Å²) < 4.78 is 1.84. The molecule has 4 bridgehead atoms. The molecule has 2 aliphatic heterocycles. The van der Waals surface area contributed by atoms with E-state index in [-0.39, 0.29) is 23.0 Å². The number of aromatic nitrogens is 2. The zero-order valence-electron chi connectivity index (χ0n) is 24.1. The molecule has 3 heterocycles. The Hall–Kier alpha value is -3.27. The van der Waals surface area contributed by atoms with Crippen LogP contribution in [0.3, 0.4) is 0 Å². The first-order valence-corrected chi connectivity index (χ1v) is 15.2. The van der Waals surface area contributed by atoms with E-state index in [1.165, 1.54) is 49.8 Å². The number of aliphatic carboxylic acids is 1. The topological polar surface area (TPSA) is 117 Å². The molecular weight excluding hydrogens is 522 g/mol. The Kier molecular flexibility index (Phi) is 7.85. The number of carboxylic acids is 1. The van der Waals surface area contributed by atoms with Crippen molar-refractivity contribution in [1.82, 2.24) is 19.4 Å². The van der Waals surface area contributed by atoms with Gasteiger partial charge in [0.15, 0.2) is 11.4 Å². The van der Waals surface area contributed by atoms with Gasteiger partial charge in [-0.1, -0.05) is 43.0 Å². The molecule has 1 N–H and O–H groups in total. The Bertz CT molecular complexity index is 1380. The van der Waals surface area contributed by atoms with Gasteiger partial charge in [0.25, 0.3) is 11.5 Å². The SMILES string of the molecule is CN(C)C(=O)/C(=N\OCC(=O)O)c1nc2ccccc2n([C@H]2C[C@H]3CCC[C@@H](C2)N3[C@H]2C[C@@H]3CCC[C@@H](C3)C2)c1=O. The molecule has 4 fully saturated rings. The van der Waals surface area contributed by atoms with Crippen LogP contribution in [0.15, 0.2) is 34.2 Å². The van der Waals surface area contributed by atoms with Crippen molar-refractivity contribution in [1.29, 1.82) is 0 Å². The molecule has 1 aromatic carbocycles. The second-order valence-electron chi connectivity index (χ2n) is 12.8. The minimum Gasteiger partial charge on any atom is -0.479 e. The predicted octanol–water partition coefficient (Wildman–Crippen LogP) is 3.82. The minimum absolute atomic E-state index is 0.0283. The maximum atomic E-state index is 14.2. The molecule has 2 saturated heterocycles. The molecule has 0 spiro atoms. The Morgan fingerprint density at radius 3 is 2.27 bits per heavy atom. The molecule has 10 nitrogen and oxygen atoms in total. The van der Waals surface area contributed by atoms with E-state index >= 15 is 0 Å². The van der Waals surface area contributed by atoms with Crippen molar-refractivity contribution in [3.63, 3.8) is 0 Å². The highest BCUT2D eigenvalue weighted by Crippen LogP contribution is 2.47. The van der Waals surface area contributed by atoms with Gasteiger partial charge in [-0.2, -0.15) is 0 Å². The van der Waals surface area contributed by atoms with Crippen molar-refractivity contribution in [2.45, 2.75) is 94.8 Å². The van der Waals surface area contributed by atoms with Crippen LogP contribution in [-0.2, 0) is 14.4 Å². The number of para-hydroxylation sites is 2. The number of oxime groups is 1. The molecule has 2 aromatic rings. The predicted molar refractivity (Wildman–Crippen MR) is 155 cm³/mol. The van der Waals surface area contributed by atoms with Gasteiger partial charge in [0, 0.05) is 38.3 Å². The summed E-state index contributed by atoms with van der Waals surface area (Å²) in [5, 5.41) is 12.8. The molecule has 220 valence electrons. The first-order chi connectivity index (χ1) is 19.8. The third kappa shape index (κ3) is 5.50. The van der Waals surface area contributed by atoms with E-state index in [9.17, 15) is 14.4 Å². The Morgan fingerprint density at radius 1 is 0.951 bits per heavy atom. The number of hydrogen-bond donors (Lipinski definition) is 1. The number of nitrogens with zero attached hydrogens (tertiary/aromatic N) is 5. The fourth-order valence-corrected chi connectivity index (χ4v) is 8.35. The number of carbonyl (C=O) groups excluding carboxylic acids is 1. The van der Waals surface area contributed by atoms with Crippen LogP contribution in [0.1, 0.15) is 82.4 Å². The summed E-state index contributed by atoms with van der Waals surface area (Å²) in [6.45, 7) is -0.726. The van der Waals surface area contributed by atoms with Crippen molar-refractivity contribution in [3.8, 4) is 0 Å². The van der Waals surface area contributed by atoms with Crippen molar-refractivity contribution < 1.29 is 19.5 Å². The molecule has 4 aliphatic rings. The summed E-state index contributed by atoms with van der Waals surface area (Å²) in [6, 6.07) is 9.02. The van der Waals surface area contributed by atoms with E-state index in [0.717, 1.165) is 43.0 Å². The lowest BCUT2D eigenvalue weighted by Gasteiger charge is -2.55. The van der Waals surface area contributed by atoms with E-state index in [1.807, 2.05) is 28.8 Å². The molecule has 0 radical (unpaired) electrons. The molecule has 10 heteroatoms. The second-order valence-corrected chi connectivity index (χ2v) is 12.8. The monoisotopic (exact) mass is 563 g/mol. The molecule has 1 aromatic heterocycles. The van der Waals surface area contributed by atoms with Crippen LogP contribution in [0.4, 0.5) is 0 Å². The Morgan fingerprint density at radius 2 is 1.61 bits per heavy atom. The lowest BCUT2D eigenvalue weighted by Crippen LogP contribution is -2.58. The van der Waals surface area contributed by atoms with Crippen molar-refractivity contribution in [3.05, 3.63) is 40.3 Å². The first kappa shape index (κ1) is 27.9. The van der Waals surface area contributed by atoms with Gasteiger partial charge < -0.3 is 19.4 Å². The molecule has 0 unspecified atom stereocenters. The van der Waals surface area contributed by atoms with Crippen LogP contribution >= 0.6 is 0 Å². The van der Waals surface area contributed by atoms with E-state index in [2.05, 4.69) is 15.0 Å². The third-order valence-corrected chi connectivity index (χ3v) is 9.87. The van der Waals surface area contributed by atoms with Gasteiger partial charge >= 0.3 is 5.97 Å². The Labute approximate surface area is 240 Å². The maximum absolute atomic E-state index is 14.2. The summed E-state index contributed by atoms with van der Waals surface area (Å²) in [5.74, 6) is -0.0587. The van der Waals surface area contributed by atoms with Gasteiger partial charge in [-0.3, -0.25) is 14.5 Å². The standard InChI is InChI=1S/C31H41N5O5/c1-34(2)30(39)29(33-41-18-27(37)38)28-31(40)36(26-12-4-3-11-25(26)32-28)24-16-21-9-6-10-22(17-24)35(21)23-14-19-7-5-8-20(13-19)15-23/h3-4,11-12,19-24H,5-10,13-18H2,1-2H3,(H,37,38)/b33-29-/t19-,20+,21-,22+,23+,24+. The van der Waals surface area contributed by atoms with Gasteiger partial charge in [0.1, 0.15) is 0 Å². The molecule has 1 amide bonds. The van der Waals surface area contributed by atoms with Gasteiger partial charge in [0.2, 0.25) is 6.61 Å². The average molecular weight is 564 g/mol. The normalized spacial score (nSPS) is 30.1. The van der Waals surface area contributed by atoms with Crippen LogP contribution < -0.4 is 5.56 Å². The highest BCUT2D eigenvalue weighted by Gasteiger charge is 2.45. The van der Waals surface area contributed by atoms with Gasteiger partial charge in [-0.05, 0) is 68.9 Å². The summed E-state index contributed by atoms with van der Waals surface area (Å²) in [7, 11) is 3.09. The summed E-state index contributed by atoms with van der Waals surface area (Å²) in [4.78, 5) is 52.1. The third-order valence-electron chi connectivity index (χ3n) is 9.87. The van der Waals surface area contributed by atoms with Crippen LogP contribution in [0.2, 0.25) is 0 Å². The number of piperidine rings is 2. The van der Waals surface area contributed by atoms with Crippen LogP contribution in [-0.4, -0.2) is 80.9 Å². The lowest BCUT2D eigenvalue weighted by molar-refractivity contribution is -0.142. The molecular formula is C31H41N5O5. The second kappa shape index (κ2) is 11.5. The van der Waals surface area contributed by atoms with Crippen LogP contribution in [0.5, 0.6) is 0 Å². The van der Waals surface area contributed by atoms with Gasteiger partial charge in [-0.25, -0.2) is 9.78 Å². The van der Waals surface area contributed by atoms with Crippen molar-refractivity contribution >= 4 is 28.6 Å².